The van der Waals surface area contributed by atoms with E-state index in [-0.39, 0.29) is 0 Å². The molecule has 0 amide bonds. The van der Waals surface area contributed by atoms with E-state index in [1.807, 2.05) is 12.3 Å². The Hall–Kier alpha value is -0.620. The van der Waals surface area contributed by atoms with Crippen LogP contribution in [0.2, 0.25) is 0 Å². The molecule has 2 N–H and O–H groups in total. The largest absolute Gasteiger partial charge is 0.393 e. The predicted molar refractivity (Wildman–Crippen MR) is 36.0 cm³/mol. The molecule has 44 valence electrons. The van der Waals surface area contributed by atoms with Crippen LogP contribution in [0.25, 0.3) is 0 Å². The summed E-state index contributed by atoms with van der Waals surface area (Å²) in [6.07, 6.45) is 1.84. The maximum absolute atomic E-state index is 8.24. The molecule has 0 aromatic rings. The Morgan fingerprint density at radius 1 is 1.75 bits per heavy atom. The SMILES string of the molecule is CS/C(N)=C(/C)C#N. The van der Waals surface area contributed by atoms with Crippen molar-refractivity contribution < 1.29 is 0 Å². The lowest BCUT2D eigenvalue weighted by Gasteiger charge is -1.92. The van der Waals surface area contributed by atoms with E-state index in [1.54, 1.807) is 6.92 Å². The highest BCUT2D eigenvalue weighted by Crippen LogP contribution is 2.07. The standard InChI is InChI=1S/C5H8N2S/c1-4(3-6)5(7)8-2/h7H2,1-2H3/b5-4-. The summed E-state index contributed by atoms with van der Waals surface area (Å²) >= 11 is 1.39. The fourth-order valence-electron chi connectivity index (χ4n) is 0.208. The van der Waals surface area contributed by atoms with E-state index < -0.39 is 0 Å². The Morgan fingerprint density at radius 3 is 2.38 bits per heavy atom. The van der Waals surface area contributed by atoms with Crippen LogP contribution in [0.1, 0.15) is 6.92 Å². The van der Waals surface area contributed by atoms with E-state index >= 15 is 0 Å². The quantitative estimate of drug-likeness (QED) is 0.537. The second-order valence-corrected chi connectivity index (χ2v) is 2.15. The third-order valence-corrected chi connectivity index (χ3v) is 1.50. The van der Waals surface area contributed by atoms with Gasteiger partial charge in [0.25, 0.3) is 0 Å². The van der Waals surface area contributed by atoms with Gasteiger partial charge in [-0.05, 0) is 13.2 Å². The van der Waals surface area contributed by atoms with Crippen LogP contribution in [0.15, 0.2) is 10.6 Å². The van der Waals surface area contributed by atoms with E-state index in [4.69, 9.17) is 11.0 Å². The Labute approximate surface area is 53.4 Å². The lowest BCUT2D eigenvalue weighted by Crippen LogP contribution is -1.93. The van der Waals surface area contributed by atoms with Gasteiger partial charge in [-0.1, -0.05) is 0 Å². The van der Waals surface area contributed by atoms with Crippen LogP contribution >= 0.6 is 11.8 Å². The van der Waals surface area contributed by atoms with Crippen molar-refractivity contribution in [2.75, 3.05) is 6.26 Å². The van der Waals surface area contributed by atoms with E-state index in [0.717, 1.165) is 0 Å². The first-order valence-electron chi connectivity index (χ1n) is 2.12. The lowest BCUT2D eigenvalue weighted by atomic mass is 10.4. The molecule has 3 heteroatoms. The van der Waals surface area contributed by atoms with E-state index in [2.05, 4.69) is 0 Å². The number of nitrogens with two attached hydrogens (primary N) is 1. The molecule has 0 aromatic carbocycles. The fraction of sp³-hybridized carbons (Fsp3) is 0.400. The van der Waals surface area contributed by atoms with E-state index in [0.29, 0.717) is 10.6 Å². The van der Waals surface area contributed by atoms with Crippen LogP contribution < -0.4 is 5.73 Å². The van der Waals surface area contributed by atoms with Gasteiger partial charge in [-0.2, -0.15) is 5.26 Å². The number of hydrogen-bond acceptors (Lipinski definition) is 3. The van der Waals surface area contributed by atoms with Gasteiger partial charge < -0.3 is 5.73 Å². The minimum absolute atomic E-state index is 0.595. The maximum atomic E-state index is 8.24. The van der Waals surface area contributed by atoms with Gasteiger partial charge in [0, 0.05) is 0 Å². The van der Waals surface area contributed by atoms with Gasteiger partial charge in [0.1, 0.15) is 0 Å². The zero-order valence-electron chi connectivity index (χ0n) is 4.93. The Balaban J connectivity index is 4.10. The number of rotatable bonds is 1. The highest BCUT2D eigenvalue weighted by Gasteiger charge is 1.90. The summed E-state index contributed by atoms with van der Waals surface area (Å²) in [6.45, 7) is 1.70. The summed E-state index contributed by atoms with van der Waals surface area (Å²) in [6, 6.07) is 1.95. The van der Waals surface area contributed by atoms with Crippen LogP contribution in [0.3, 0.4) is 0 Å². The Bertz CT molecular complexity index is 143. The zero-order chi connectivity index (χ0) is 6.57. The predicted octanol–water partition coefficient (Wildman–Crippen LogP) is 1.06. The maximum Gasteiger partial charge on any atom is 0.0971 e. The number of nitrogens with zero attached hydrogens (tertiary/aromatic N) is 1. The first-order chi connectivity index (χ1) is 3.72. The summed E-state index contributed by atoms with van der Waals surface area (Å²) < 4.78 is 0. The number of thioether (sulfide) groups is 1. The highest BCUT2D eigenvalue weighted by atomic mass is 32.2. The number of allylic oxidation sites excluding steroid dienone is 1. The lowest BCUT2D eigenvalue weighted by molar-refractivity contribution is 1.38. The average molecular weight is 128 g/mol. The summed E-state index contributed by atoms with van der Waals surface area (Å²) in [5, 5.41) is 8.84. The second-order valence-electron chi connectivity index (χ2n) is 1.31. The van der Waals surface area contributed by atoms with Crippen molar-refractivity contribution in [2.24, 2.45) is 5.73 Å². The number of hydrogen-bond donors (Lipinski definition) is 1. The molecular weight excluding hydrogens is 120 g/mol. The topological polar surface area (TPSA) is 49.8 Å². The first kappa shape index (κ1) is 7.38. The molecule has 0 atom stereocenters. The van der Waals surface area contributed by atoms with Crippen LogP contribution in [-0.4, -0.2) is 6.26 Å². The molecule has 2 nitrogen and oxygen atoms in total. The van der Waals surface area contributed by atoms with Crippen molar-refractivity contribution in [1.29, 1.82) is 5.26 Å². The molecule has 0 spiro atoms. The zero-order valence-corrected chi connectivity index (χ0v) is 5.75. The summed E-state index contributed by atoms with van der Waals surface area (Å²) in [5.41, 5.74) is 5.94. The van der Waals surface area contributed by atoms with Gasteiger partial charge in [0.15, 0.2) is 0 Å². The van der Waals surface area contributed by atoms with E-state index in [1.165, 1.54) is 11.8 Å². The fourth-order valence-corrected chi connectivity index (χ4v) is 0.560. The van der Waals surface area contributed by atoms with Crippen LogP contribution in [0, 0.1) is 11.3 Å². The second kappa shape index (κ2) is 3.39. The summed E-state index contributed by atoms with van der Waals surface area (Å²) in [5.74, 6) is 0. The molecule has 0 saturated heterocycles. The molecule has 8 heavy (non-hydrogen) atoms. The monoisotopic (exact) mass is 128 g/mol. The number of nitriles is 1. The minimum atomic E-state index is 0.595. The molecule has 0 aliphatic heterocycles. The van der Waals surface area contributed by atoms with Gasteiger partial charge in [-0.25, -0.2) is 0 Å². The molecule has 0 radical (unpaired) electrons. The van der Waals surface area contributed by atoms with Gasteiger partial charge >= 0.3 is 0 Å². The molecule has 0 heterocycles. The normalized spacial score (nSPS) is 12.1. The third-order valence-electron chi connectivity index (χ3n) is 0.757. The molecule has 0 aliphatic rings. The molecular formula is C5H8N2S. The summed E-state index contributed by atoms with van der Waals surface area (Å²) in [4.78, 5) is 0. The Kier molecular flexibility index (Phi) is 3.13. The molecule has 0 aromatic heterocycles. The Morgan fingerprint density at radius 2 is 2.25 bits per heavy atom. The van der Waals surface area contributed by atoms with Gasteiger partial charge in [0.2, 0.25) is 0 Å². The summed E-state index contributed by atoms with van der Waals surface area (Å²) in [7, 11) is 0. The van der Waals surface area contributed by atoms with Crippen molar-refractivity contribution in [3.8, 4) is 6.07 Å². The third kappa shape index (κ3) is 1.90. The van der Waals surface area contributed by atoms with Gasteiger partial charge in [-0.15, -0.1) is 11.8 Å². The van der Waals surface area contributed by atoms with Gasteiger partial charge in [0.05, 0.1) is 16.7 Å². The molecule has 0 aliphatic carbocycles. The first-order valence-corrected chi connectivity index (χ1v) is 3.35. The molecule has 0 saturated carbocycles. The van der Waals surface area contributed by atoms with Crippen molar-refractivity contribution in [3.05, 3.63) is 10.6 Å². The van der Waals surface area contributed by atoms with Crippen molar-refractivity contribution >= 4 is 11.8 Å². The van der Waals surface area contributed by atoms with Crippen LogP contribution in [0.5, 0.6) is 0 Å². The molecule has 0 rings (SSSR count). The van der Waals surface area contributed by atoms with Crippen molar-refractivity contribution in [3.63, 3.8) is 0 Å². The minimum Gasteiger partial charge on any atom is -0.393 e. The van der Waals surface area contributed by atoms with Crippen molar-refractivity contribution in [1.82, 2.24) is 0 Å². The smallest absolute Gasteiger partial charge is 0.0971 e. The highest BCUT2D eigenvalue weighted by molar-refractivity contribution is 8.02. The van der Waals surface area contributed by atoms with Crippen LogP contribution in [0.4, 0.5) is 0 Å². The molecule has 0 fully saturated rings. The van der Waals surface area contributed by atoms with E-state index in [9.17, 15) is 0 Å². The average Bonchev–Trinajstić information content (AvgIpc) is 1.84. The molecule has 0 bridgehead atoms. The van der Waals surface area contributed by atoms with Crippen LogP contribution in [-0.2, 0) is 0 Å². The van der Waals surface area contributed by atoms with Crippen molar-refractivity contribution in [2.45, 2.75) is 6.92 Å². The molecule has 0 unspecified atom stereocenters. The van der Waals surface area contributed by atoms with Gasteiger partial charge in [-0.3, -0.25) is 0 Å².